The maximum Gasteiger partial charge on any atom is 0.310 e. The maximum atomic E-state index is 12.9. The molecule has 21 heavy (non-hydrogen) atoms. The van der Waals surface area contributed by atoms with E-state index >= 15 is 0 Å². The number of rotatable bonds is 4. The van der Waals surface area contributed by atoms with Gasteiger partial charge in [-0.1, -0.05) is 12.8 Å². The van der Waals surface area contributed by atoms with Crippen LogP contribution in [0.2, 0.25) is 0 Å². The third-order valence-corrected chi connectivity index (χ3v) is 6.69. The molecule has 1 heterocycles. The van der Waals surface area contributed by atoms with Crippen molar-refractivity contribution in [3.63, 3.8) is 0 Å². The number of methoxy groups -OCH3 is 1. The van der Waals surface area contributed by atoms with Gasteiger partial charge in [0.2, 0.25) is 10.0 Å². The summed E-state index contributed by atoms with van der Waals surface area (Å²) in [7, 11) is -2.23. The second-order valence-corrected chi connectivity index (χ2v) is 7.74. The molecular formula is C13H24N2O5S. The molecule has 0 bridgehead atoms. The first-order valence-corrected chi connectivity index (χ1v) is 8.89. The molecule has 3 atom stereocenters. The van der Waals surface area contributed by atoms with Crippen LogP contribution in [0.25, 0.3) is 0 Å². The Morgan fingerprint density at radius 2 is 2.10 bits per heavy atom. The first-order valence-electron chi connectivity index (χ1n) is 7.39. The number of ether oxygens (including phenoxy) is 2. The van der Waals surface area contributed by atoms with Crippen LogP contribution in [0.1, 0.15) is 25.7 Å². The zero-order valence-corrected chi connectivity index (χ0v) is 13.2. The average Bonchev–Trinajstić information content (AvgIpc) is 2.54. The van der Waals surface area contributed by atoms with Crippen LogP contribution < -0.4 is 5.73 Å². The summed E-state index contributed by atoms with van der Waals surface area (Å²) < 4.78 is 37.3. The van der Waals surface area contributed by atoms with Crippen molar-refractivity contribution in [1.29, 1.82) is 0 Å². The van der Waals surface area contributed by atoms with E-state index in [1.165, 1.54) is 11.4 Å². The summed E-state index contributed by atoms with van der Waals surface area (Å²) in [5.41, 5.74) is 5.56. The lowest BCUT2D eigenvalue weighted by atomic mass is 9.89. The SMILES string of the molecule is COC(=O)C1CCCCC1S(=O)(=O)N1CCOC(CN)C1. The lowest BCUT2D eigenvalue weighted by Gasteiger charge is -2.37. The highest BCUT2D eigenvalue weighted by Gasteiger charge is 2.44. The number of nitrogens with two attached hydrogens (primary N) is 1. The van der Waals surface area contributed by atoms with E-state index in [-0.39, 0.29) is 19.2 Å². The third kappa shape index (κ3) is 3.56. The Hall–Kier alpha value is -0.700. The number of nitrogens with zero attached hydrogens (tertiary/aromatic N) is 1. The molecule has 8 heteroatoms. The molecule has 122 valence electrons. The highest BCUT2D eigenvalue weighted by atomic mass is 32.2. The van der Waals surface area contributed by atoms with Crippen molar-refractivity contribution in [2.24, 2.45) is 11.7 Å². The number of carbonyl (C=O) groups excluding carboxylic acids is 1. The van der Waals surface area contributed by atoms with Crippen molar-refractivity contribution in [3.8, 4) is 0 Å². The van der Waals surface area contributed by atoms with Gasteiger partial charge in [0.25, 0.3) is 0 Å². The number of hydrogen-bond acceptors (Lipinski definition) is 6. The molecule has 2 N–H and O–H groups in total. The van der Waals surface area contributed by atoms with Crippen molar-refractivity contribution >= 4 is 16.0 Å². The summed E-state index contributed by atoms with van der Waals surface area (Å²) in [4.78, 5) is 11.9. The van der Waals surface area contributed by atoms with Crippen LogP contribution in [0, 0.1) is 5.92 Å². The minimum Gasteiger partial charge on any atom is -0.469 e. The molecule has 0 aromatic heterocycles. The van der Waals surface area contributed by atoms with Crippen LogP contribution in [0.4, 0.5) is 0 Å². The van der Waals surface area contributed by atoms with Crippen LogP contribution in [-0.2, 0) is 24.3 Å². The fourth-order valence-corrected chi connectivity index (χ4v) is 5.34. The van der Waals surface area contributed by atoms with E-state index in [9.17, 15) is 13.2 Å². The van der Waals surface area contributed by atoms with E-state index in [1.54, 1.807) is 0 Å². The summed E-state index contributed by atoms with van der Waals surface area (Å²) in [5.74, 6) is -0.986. The zero-order valence-electron chi connectivity index (χ0n) is 12.4. The van der Waals surface area contributed by atoms with Crippen molar-refractivity contribution in [3.05, 3.63) is 0 Å². The van der Waals surface area contributed by atoms with Gasteiger partial charge >= 0.3 is 5.97 Å². The van der Waals surface area contributed by atoms with E-state index in [0.29, 0.717) is 26.0 Å². The Morgan fingerprint density at radius 3 is 2.76 bits per heavy atom. The molecule has 1 saturated heterocycles. The molecule has 0 spiro atoms. The molecule has 0 aromatic carbocycles. The first-order chi connectivity index (χ1) is 10.0. The topological polar surface area (TPSA) is 98.9 Å². The van der Waals surface area contributed by atoms with E-state index < -0.39 is 27.2 Å². The quantitative estimate of drug-likeness (QED) is 0.715. The van der Waals surface area contributed by atoms with Gasteiger partial charge in [-0.05, 0) is 12.8 Å². The van der Waals surface area contributed by atoms with Crippen molar-refractivity contribution < 1.29 is 22.7 Å². The number of esters is 1. The van der Waals surface area contributed by atoms with Crippen LogP contribution in [0.3, 0.4) is 0 Å². The molecule has 1 aliphatic heterocycles. The van der Waals surface area contributed by atoms with Crippen molar-refractivity contribution in [1.82, 2.24) is 4.31 Å². The maximum absolute atomic E-state index is 12.9. The number of sulfonamides is 1. The lowest BCUT2D eigenvalue weighted by molar-refractivity contribution is -0.146. The van der Waals surface area contributed by atoms with Crippen LogP contribution in [0.5, 0.6) is 0 Å². The number of carbonyl (C=O) groups is 1. The summed E-state index contributed by atoms with van der Waals surface area (Å²) in [6.07, 6.45) is 2.49. The Bertz CT molecular complexity index is 467. The summed E-state index contributed by atoms with van der Waals surface area (Å²) >= 11 is 0. The first kappa shape index (κ1) is 16.7. The molecule has 1 saturated carbocycles. The molecule has 7 nitrogen and oxygen atoms in total. The molecule has 0 amide bonds. The molecular weight excluding hydrogens is 296 g/mol. The highest BCUT2D eigenvalue weighted by Crippen LogP contribution is 2.32. The Kier molecular flexibility index (Phi) is 5.59. The van der Waals surface area contributed by atoms with Crippen molar-refractivity contribution in [2.45, 2.75) is 37.0 Å². The minimum atomic E-state index is -3.54. The fraction of sp³-hybridized carbons (Fsp3) is 0.923. The van der Waals surface area contributed by atoms with Crippen molar-refractivity contribution in [2.75, 3.05) is 33.4 Å². The van der Waals surface area contributed by atoms with Gasteiger partial charge in [-0.25, -0.2) is 8.42 Å². The molecule has 1 aliphatic carbocycles. The van der Waals surface area contributed by atoms with E-state index in [2.05, 4.69) is 0 Å². The molecule has 0 radical (unpaired) electrons. The minimum absolute atomic E-state index is 0.267. The summed E-state index contributed by atoms with van der Waals surface area (Å²) in [6, 6.07) is 0. The standard InChI is InChI=1S/C13H24N2O5S/c1-19-13(16)11-4-2-3-5-12(11)21(17,18)15-6-7-20-10(8-14)9-15/h10-12H,2-9,14H2,1H3. The predicted octanol–water partition coefficient (Wildman–Crippen LogP) is -0.292. The van der Waals surface area contributed by atoms with Gasteiger partial charge in [0.15, 0.2) is 0 Å². The van der Waals surface area contributed by atoms with Crippen LogP contribution in [0.15, 0.2) is 0 Å². The summed E-state index contributed by atoms with van der Waals surface area (Å²) in [6.45, 7) is 1.22. The lowest BCUT2D eigenvalue weighted by Crippen LogP contribution is -2.53. The molecule has 2 rings (SSSR count). The van der Waals surface area contributed by atoms with Gasteiger partial charge in [0, 0.05) is 19.6 Å². The van der Waals surface area contributed by atoms with E-state index in [1.807, 2.05) is 0 Å². The normalized spacial score (nSPS) is 31.8. The zero-order chi connectivity index (χ0) is 15.5. The van der Waals surface area contributed by atoms with Gasteiger partial charge < -0.3 is 15.2 Å². The Morgan fingerprint density at radius 1 is 1.38 bits per heavy atom. The molecule has 2 aliphatic rings. The second-order valence-electron chi connectivity index (χ2n) is 5.58. The van der Waals surface area contributed by atoms with Gasteiger partial charge in [-0.15, -0.1) is 0 Å². The average molecular weight is 320 g/mol. The van der Waals surface area contributed by atoms with Gasteiger partial charge in [-0.2, -0.15) is 4.31 Å². The largest absolute Gasteiger partial charge is 0.469 e. The number of morpholine rings is 1. The molecule has 0 aromatic rings. The molecule has 3 unspecified atom stereocenters. The molecule has 2 fully saturated rings. The van der Waals surface area contributed by atoms with Crippen LogP contribution >= 0.6 is 0 Å². The van der Waals surface area contributed by atoms with E-state index in [4.69, 9.17) is 15.2 Å². The highest BCUT2D eigenvalue weighted by molar-refractivity contribution is 7.89. The van der Waals surface area contributed by atoms with Crippen LogP contribution in [-0.4, -0.2) is 63.4 Å². The monoisotopic (exact) mass is 320 g/mol. The van der Waals surface area contributed by atoms with Gasteiger partial charge in [0.1, 0.15) is 0 Å². The smallest absolute Gasteiger partial charge is 0.310 e. The summed E-state index contributed by atoms with van der Waals surface area (Å²) in [5, 5.41) is -0.685. The number of hydrogen-bond donors (Lipinski definition) is 1. The second kappa shape index (κ2) is 7.04. The van der Waals surface area contributed by atoms with Gasteiger partial charge in [-0.3, -0.25) is 4.79 Å². The Balaban J connectivity index is 2.17. The fourth-order valence-electron chi connectivity index (χ4n) is 3.13. The Labute approximate surface area is 125 Å². The predicted molar refractivity (Wildman–Crippen MR) is 77.0 cm³/mol. The van der Waals surface area contributed by atoms with E-state index in [0.717, 1.165) is 12.8 Å². The van der Waals surface area contributed by atoms with Gasteiger partial charge in [0.05, 0.1) is 31.0 Å². The third-order valence-electron chi connectivity index (χ3n) is 4.31.